The topological polar surface area (TPSA) is 64.3 Å². The summed E-state index contributed by atoms with van der Waals surface area (Å²) in [6, 6.07) is 0. The molecule has 90 valence electrons. The minimum absolute atomic E-state index is 0.180. The van der Waals surface area contributed by atoms with Gasteiger partial charge in [0.2, 0.25) is 5.91 Å². The molecule has 0 aromatic heterocycles. The van der Waals surface area contributed by atoms with Crippen molar-refractivity contribution in [3.8, 4) is 0 Å². The maximum Gasteiger partial charge on any atom is 0.277 e. The van der Waals surface area contributed by atoms with Crippen LogP contribution in [0.5, 0.6) is 0 Å². The zero-order chi connectivity index (χ0) is 11.7. The fourth-order valence-corrected chi connectivity index (χ4v) is 0.762. The first-order valence-corrected chi connectivity index (χ1v) is 4.94. The Balaban J connectivity index is 3.49. The average molecular weight is 224 g/mol. The molecule has 0 aliphatic carbocycles. The highest BCUT2D eigenvalue weighted by Gasteiger charge is 2.26. The quantitative estimate of drug-likeness (QED) is 0.590. The van der Waals surface area contributed by atoms with E-state index in [0.29, 0.717) is 6.61 Å². The first kappa shape index (κ1) is 14.2. The lowest BCUT2D eigenvalue weighted by atomic mass is 10.3. The molecular weight excluding hydrogens is 206 g/mol. The van der Waals surface area contributed by atoms with Crippen molar-refractivity contribution < 1.29 is 18.3 Å². The van der Waals surface area contributed by atoms with Gasteiger partial charge < -0.3 is 15.8 Å². The van der Waals surface area contributed by atoms with Crippen LogP contribution in [0.15, 0.2) is 0 Å². The van der Waals surface area contributed by atoms with Crippen molar-refractivity contribution in [3.05, 3.63) is 0 Å². The highest BCUT2D eigenvalue weighted by atomic mass is 19.3. The Morgan fingerprint density at radius 2 is 2.20 bits per heavy atom. The lowest BCUT2D eigenvalue weighted by molar-refractivity contribution is -0.127. The fourth-order valence-electron chi connectivity index (χ4n) is 0.762. The number of rotatable bonds is 8. The second kappa shape index (κ2) is 7.53. The summed E-state index contributed by atoms with van der Waals surface area (Å²) in [5.41, 5.74) is 4.80. The second-order valence-electron chi connectivity index (χ2n) is 3.24. The van der Waals surface area contributed by atoms with Gasteiger partial charge in [0, 0.05) is 6.61 Å². The molecular formula is C9H18F2N2O2. The SMILES string of the molecule is CCCCOCC(=O)NCC(F)(F)CN. The van der Waals surface area contributed by atoms with E-state index in [2.05, 4.69) is 5.32 Å². The Labute approximate surface area is 88.2 Å². The lowest BCUT2D eigenvalue weighted by Gasteiger charge is -2.14. The van der Waals surface area contributed by atoms with E-state index in [0.717, 1.165) is 12.8 Å². The molecule has 0 atom stereocenters. The van der Waals surface area contributed by atoms with Gasteiger partial charge in [-0.1, -0.05) is 13.3 Å². The van der Waals surface area contributed by atoms with Gasteiger partial charge in [-0.25, -0.2) is 8.78 Å². The zero-order valence-corrected chi connectivity index (χ0v) is 8.89. The summed E-state index contributed by atoms with van der Waals surface area (Å²) in [4.78, 5) is 11.0. The third kappa shape index (κ3) is 8.26. The van der Waals surface area contributed by atoms with Gasteiger partial charge in [-0.3, -0.25) is 4.79 Å². The number of unbranched alkanes of at least 4 members (excludes halogenated alkanes) is 1. The van der Waals surface area contributed by atoms with E-state index in [9.17, 15) is 13.6 Å². The smallest absolute Gasteiger partial charge is 0.277 e. The van der Waals surface area contributed by atoms with E-state index in [1.54, 1.807) is 0 Å². The number of hydrogen-bond donors (Lipinski definition) is 2. The van der Waals surface area contributed by atoms with Crippen molar-refractivity contribution in [1.29, 1.82) is 0 Å². The van der Waals surface area contributed by atoms with Crippen molar-refractivity contribution in [2.45, 2.75) is 25.7 Å². The zero-order valence-electron chi connectivity index (χ0n) is 8.89. The van der Waals surface area contributed by atoms with Crippen molar-refractivity contribution in [3.63, 3.8) is 0 Å². The van der Waals surface area contributed by atoms with E-state index in [1.807, 2.05) is 6.92 Å². The van der Waals surface area contributed by atoms with Gasteiger partial charge in [0.1, 0.15) is 6.61 Å². The Bertz CT molecular complexity index is 189. The molecule has 0 fully saturated rings. The fraction of sp³-hybridized carbons (Fsp3) is 0.889. The van der Waals surface area contributed by atoms with Crippen LogP contribution < -0.4 is 11.1 Å². The molecule has 0 unspecified atom stereocenters. The molecule has 1 amide bonds. The molecule has 0 aromatic carbocycles. The first-order valence-electron chi connectivity index (χ1n) is 4.94. The molecule has 15 heavy (non-hydrogen) atoms. The third-order valence-corrected chi connectivity index (χ3v) is 1.72. The molecule has 0 radical (unpaired) electrons. The maximum atomic E-state index is 12.6. The summed E-state index contributed by atoms with van der Waals surface area (Å²) in [5, 5.41) is 2.06. The van der Waals surface area contributed by atoms with Crippen LogP contribution in [0, 0.1) is 0 Å². The normalized spacial score (nSPS) is 11.5. The van der Waals surface area contributed by atoms with Crippen LogP contribution in [-0.4, -0.2) is 38.1 Å². The van der Waals surface area contributed by atoms with Crippen molar-refractivity contribution in [2.75, 3.05) is 26.3 Å². The summed E-state index contributed by atoms with van der Waals surface area (Å²) in [6.45, 7) is 0.770. The first-order chi connectivity index (χ1) is 7.02. The van der Waals surface area contributed by atoms with Crippen LogP contribution >= 0.6 is 0 Å². The minimum atomic E-state index is -3.04. The monoisotopic (exact) mass is 224 g/mol. The molecule has 0 aliphatic rings. The van der Waals surface area contributed by atoms with Crippen LogP contribution in [-0.2, 0) is 9.53 Å². The summed E-state index contributed by atoms with van der Waals surface area (Å²) >= 11 is 0. The third-order valence-electron chi connectivity index (χ3n) is 1.72. The van der Waals surface area contributed by atoms with Crippen LogP contribution in [0.2, 0.25) is 0 Å². The summed E-state index contributed by atoms with van der Waals surface area (Å²) in [5.74, 6) is -3.58. The molecule has 0 saturated heterocycles. The van der Waals surface area contributed by atoms with Crippen molar-refractivity contribution >= 4 is 5.91 Å². The lowest BCUT2D eigenvalue weighted by Crippen LogP contribution is -2.42. The number of nitrogens with one attached hydrogen (secondary N) is 1. The van der Waals surface area contributed by atoms with Gasteiger partial charge in [-0.2, -0.15) is 0 Å². The van der Waals surface area contributed by atoms with Crippen molar-refractivity contribution in [2.24, 2.45) is 5.73 Å². The number of carbonyl (C=O) groups is 1. The van der Waals surface area contributed by atoms with E-state index < -0.39 is 24.9 Å². The van der Waals surface area contributed by atoms with E-state index in [1.165, 1.54) is 0 Å². The number of hydrogen-bond acceptors (Lipinski definition) is 3. The van der Waals surface area contributed by atoms with Gasteiger partial charge in [0.05, 0.1) is 13.1 Å². The summed E-state index contributed by atoms with van der Waals surface area (Å²) in [7, 11) is 0. The van der Waals surface area contributed by atoms with Gasteiger partial charge >= 0.3 is 0 Å². The molecule has 6 heteroatoms. The van der Waals surface area contributed by atoms with Gasteiger partial charge in [0.15, 0.2) is 0 Å². The summed E-state index contributed by atoms with van der Waals surface area (Å²) in [6.07, 6.45) is 1.82. The molecule has 0 heterocycles. The molecule has 0 aliphatic heterocycles. The number of carbonyl (C=O) groups excluding carboxylic acids is 1. The predicted molar refractivity (Wildman–Crippen MR) is 52.7 cm³/mol. The molecule has 0 rings (SSSR count). The summed E-state index contributed by atoms with van der Waals surface area (Å²) < 4.78 is 30.1. The number of ether oxygens (including phenoxy) is 1. The molecule has 0 saturated carbocycles. The number of alkyl halides is 2. The van der Waals surface area contributed by atoms with Crippen molar-refractivity contribution in [1.82, 2.24) is 5.32 Å². The largest absolute Gasteiger partial charge is 0.372 e. The van der Waals surface area contributed by atoms with Crippen LogP contribution in [0.4, 0.5) is 8.78 Å². The Kier molecular flexibility index (Phi) is 7.15. The van der Waals surface area contributed by atoms with Gasteiger partial charge in [-0.15, -0.1) is 0 Å². The number of nitrogens with two attached hydrogens (primary N) is 1. The van der Waals surface area contributed by atoms with Gasteiger partial charge in [0.25, 0.3) is 5.92 Å². The van der Waals surface area contributed by atoms with E-state index >= 15 is 0 Å². The van der Waals surface area contributed by atoms with E-state index in [4.69, 9.17) is 10.5 Å². The van der Waals surface area contributed by atoms with Crippen LogP contribution in [0.3, 0.4) is 0 Å². The molecule has 0 bridgehead atoms. The molecule has 0 aromatic rings. The molecule has 0 spiro atoms. The Morgan fingerprint density at radius 1 is 1.53 bits per heavy atom. The average Bonchev–Trinajstić information content (AvgIpc) is 2.22. The van der Waals surface area contributed by atoms with Gasteiger partial charge in [-0.05, 0) is 6.42 Å². The second-order valence-corrected chi connectivity index (χ2v) is 3.24. The standard InChI is InChI=1S/C9H18F2N2O2/c1-2-3-4-15-5-8(14)13-7-9(10,11)6-12/h2-7,12H2,1H3,(H,13,14). The minimum Gasteiger partial charge on any atom is -0.372 e. The van der Waals surface area contributed by atoms with Crippen LogP contribution in [0.1, 0.15) is 19.8 Å². The van der Waals surface area contributed by atoms with E-state index in [-0.39, 0.29) is 6.61 Å². The predicted octanol–water partition coefficient (Wildman–Crippen LogP) is 0.513. The van der Waals surface area contributed by atoms with Crippen LogP contribution in [0.25, 0.3) is 0 Å². The molecule has 4 nitrogen and oxygen atoms in total. The Morgan fingerprint density at radius 3 is 2.73 bits per heavy atom. The number of halogens is 2. The molecule has 3 N–H and O–H groups in total. The highest BCUT2D eigenvalue weighted by Crippen LogP contribution is 2.08. The Hall–Kier alpha value is -0.750. The number of amides is 1. The highest BCUT2D eigenvalue weighted by molar-refractivity contribution is 5.77. The maximum absolute atomic E-state index is 12.6.